The topological polar surface area (TPSA) is 4.93 Å². The molecule has 0 radical (unpaired) electrons. The largest absolute Gasteiger partial charge is 0.309 e. The Morgan fingerprint density at radius 3 is 2.18 bits per heavy atom. The molecule has 1 atom stereocenters. The molecule has 1 heterocycles. The van der Waals surface area contributed by atoms with Gasteiger partial charge >= 0.3 is 0 Å². The quantitative estimate of drug-likeness (QED) is 0.265. The molecule has 1 unspecified atom stereocenters. The summed E-state index contributed by atoms with van der Waals surface area (Å²) < 4.78 is 2.40. The van der Waals surface area contributed by atoms with Gasteiger partial charge in [0.25, 0.3) is 0 Å². The summed E-state index contributed by atoms with van der Waals surface area (Å²) in [6.45, 7) is 4.61. The summed E-state index contributed by atoms with van der Waals surface area (Å²) in [5.74, 6) is 0.515. The minimum absolute atomic E-state index is 0.515. The number of aromatic nitrogens is 1. The van der Waals surface area contributed by atoms with E-state index in [1.807, 2.05) is 0 Å². The zero-order valence-corrected chi connectivity index (χ0v) is 19.1. The second-order valence-electron chi connectivity index (χ2n) is 8.95. The molecule has 0 bridgehead atoms. The van der Waals surface area contributed by atoms with E-state index in [0.717, 1.165) is 6.42 Å². The van der Waals surface area contributed by atoms with E-state index in [2.05, 4.69) is 128 Å². The second-order valence-corrected chi connectivity index (χ2v) is 8.95. The fourth-order valence-corrected chi connectivity index (χ4v) is 5.31. The van der Waals surface area contributed by atoms with Crippen molar-refractivity contribution in [3.63, 3.8) is 0 Å². The summed E-state index contributed by atoms with van der Waals surface area (Å²) in [5.41, 5.74) is 7.79. The van der Waals surface area contributed by atoms with E-state index in [4.69, 9.17) is 0 Å². The van der Waals surface area contributed by atoms with Crippen molar-refractivity contribution in [3.8, 4) is 16.8 Å². The van der Waals surface area contributed by atoms with Gasteiger partial charge in [-0.15, -0.1) is 0 Å². The molecule has 0 aliphatic carbocycles. The van der Waals surface area contributed by atoms with E-state index < -0.39 is 0 Å². The number of fused-ring (bicyclic) bond motifs is 5. The first kappa shape index (κ1) is 19.8. The summed E-state index contributed by atoms with van der Waals surface area (Å²) in [6.07, 6.45) is 1.13. The van der Waals surface area contributed by atoms with Crippen LogP contribution in [0.3, 0.4) is 0 Å². The first-order valence-corrected chi connectivity index (χ1v) is 11.9. The zero-order chi connectivity index (χ0) is 22.4. The van der Waals surface area contributed by atoms with E-state index in [9.17, 15) is 0 Å². The lowest BCUT2D eigenvalue weighted by molar-refractivity contribution is 0.735. The van der Waals surface area contributed by atoms with Crippen molar-refractivity contribution in [1.82, 2.24) is 4.57 Å². The van der Waals surface area contributed by atoms with Crippen molar-refractivity contribution in [2.45, 2.75) is 26.2 Å². The maximum Gasteiger partial charge on any atom is 0.0547 e. The molecular formula is C32H27N. The highest BCUT2D eigenvalue weighted by Gasteiger charge is 2.18. The van der Waals surface area contributed by atoms with Gasteiger partial charge in [0, 0.05) is 16.5 Å². The molecule has 0 aliphatic heterocycles. The Kier molecular flexibility index (Phi) is 4.77. The van der Waals surface area contributed by atoms with Crippen LogP contribution < -0.4 is 0 Å². The monoisotopic (exact) mass is 425 g/mol. The van der Waals surface area contributed by atoms with Crippen LogP contribution in [0.1, 0.15) is 31.7 Å². The second kappa shape index (κ2) is 7.94. The van der Waals surface area contributed by atoms with Crippen molar-refractivity contribution in [3.05, 3.63) is 115 Å². The van der Waals surface area contributed by atoms with E-state index >= 15 is 0 Å². The van der Waals surface area contributed by atoms with Crippen molar-refractivity contribution in [2.75, 3.05) is 0 Å². The molecule has 0 spiro atoms. The van der Waals surface area contributed by atoms with Gasteiger partial charge in [-0.25, -0.2) is 0 Å². The summed E-state index contributed by atoms with van der Waals surface area (Å²) in [4.78, 5) is 0. The van der Waals surface area contributed by atoms with Gasteiger partial charge in [-0.05, 0) is 64.1 Å². The molecule has 33 heavy (non-hydrogen) atoms. The van der Waals surface area contributed by atoms with Gasteiger partial charge in [0.05, 0.1) is 11.0 Å². The first-order valence-electron chi connectivity index (χ1n) is 11.9. The molecule has 0 amide bonds. The Hall–Kier alpha value is -3.84. The highest BCUT2D eigenvalue weighted by atomic mass is 15.0. The van der Waals surface area contributed by atoms with E-state index in [0.29, 0.717) is 5.92 Å². The molecule has 1 heteroatoms. The highest BCUT2D eigenvalue weighted by Crippen LogP contribution is 2.42. The third-order valence-corrected chi connectivity index (χ3v) is 7.09. The lowest BCUT2D eigenvalue weighted by atomic mass is 9.87. The van der Waals surface area contributed by atoms with Gasteiger partial charge in [-0.1, -0.05) is 98.8 Å². The van der Waals surface area contributed by atoms with Gasteiger partial charge in [0.2, 0.25) is 0 Å². The molecule has 1 aromatic heterocycles. The van der Waals surface area contributed by atoms with Crippen LogP contribution in [0.4, 0.5) is 0 Å². The Morgan fingerprint density at radius 1 is 0.606 bits per heavy atom. The fraction of sp³-hybridized carbons (Fsp3) is 0.125. The van der Waals surface area contributed by atoms with Crippen molar-refractivity contribution >= 4 is 32.6 Å². The predicted octanol–water partition coefficient (Wildman–Crippen LogP) is 9.12. The Labute approximate surface area is 194 Å². The molecule has 0 N–H and O–H groups in total. The molecule has 0 saturated carbocycles. The van der Waals surface area contributed by atoms with Crippen LogP contribution >= 0.6 is 0 Å². The maximum atomic E-state index is 2.40. The molecule has 1 nitrogen and oxygen atoms in total. The number of para-hydroxylation sites is 2. The van der Waals surface area contributed by atoms with Crippen molar-refractivity contribution < 1.29 is 0 Å². The molecular weight excluding hydrogens is 398 g/mol. The molecule has 0 fully saturated rings. The van der Waals surface area contributed by atoms with Crippen molar-refractivity contribution in [2.24, 2.45) is 0 Å². The van der Waals surface area contributed by atoms with Crippen molar-refractivity contribution in [1.29, 1.82) is 0 Å². The third-order valence-electron chi connectivity index (χ3n) is 7.09. The van der Waals surface area contributed by atoms with Crippen LogP contribution in [0, 0.1) is 0 Å². The van der Waals surface area contributed by atoms with Gasteiger partial charge in [0.1, 0.15) is 0 Å². The lowest BCUT2D eigenvalue weighted by Crippen LogP contribution is -1.96. The summed E-state index contributed by atoms with van der Waals surface area (Å²) in [6, 6.07) is 39.8. The number of benzene rings is 5. The minimum Gasteiger partial charge on any atom is -0.309 e. The standard InChI is InChI=1S/C32H27N/c1-3-22(2)25-15-7-8-16-26(25)27-18-11-12-23-20-21-30-32(31(23)27)28-17-9-10-19-29(28)33(30)24-13-5-4-6-14-24/h4-22H,3H2,1-2H3. The number of hydrogen-bond acceptors (Lipinski definition) is 0. The molecule has 6 aromatic rings. The molecule has 5 aromatic carbocycles. The number of nitrogens with zero attached hydrogens (tertiary/aromatic N) is 1. The average Bonchev–Trinajstić information content (AvgIpc) is 3.23. The van der Waals surface area contributed by atoms with E-state index in [1.54, 1.807) is 0 Å². The van der Waals surface area contributed by atoms with Crippen LogP contribution in [0.15, 0.2) is 109 Å². The summed E-state index contributed by atoms with van der Waals surface area (Å²) >= 11 is 0. The van der Waals surface area contributed by atoms with Gasteiger partial charge in [-0.3, -0.25) is 0 Å². The van der Waals surface area contributed by atoms with E-state index in [1.165, 1.54) is 55.0 Å². The molecule has 6 rings (SSSR count). The maximum absolute atomic E-state index is 2.40. The lowest BCUT2D eigenvalue weighted by Gasteiger charge is -2.17. The van der Waals surface area contributed by atoms with Crippen LogP contribution in [0.25, 0.3) is 49.4 Å². The Morgan fingerprint density at radius 2 is 1.33 bits per heavy atom. The minimum atomic E-state index is 0.515. The predicted molar refractivity (Wildman–Crippen MR) is 142 cm³/mol. The smallest absolute Gasteiger partial charge is 0.0547 e. The SMILES string of the molecule is CCC(C)c1ccccc1-c1cccc2ccc3c(c4ccccc4n3-c3ccccc3)c12. The van der Waals surface area contributed by atoms with Gasteiger partial charge < -0.3 is 4.57 Å². The third kappa shape index (κ3) is 3.08. The first-order chi connectivity index (χ1) is 16.3. The molecule has 0 aliphatic rings. The van der Waals surface area contributed by atoms with Crippen LogP contribution in [0.5, 0.6) is 0 Å². The molecule has 0 saturated heterocycles. The van der Waals surface area contributed by atoms with E-state index in [-0.39, 0.29) is 0 Å². The molecule has 160 valence electrons. The Balaban J connectivity index is 1.79. The summed E-state index contributed by atoms with van der Waals surface area (Å²) in [7, 11) is 0. The highest BCUT2D eigenvalue weighted by molar-refractivity contribution is 6.25. The van der Waals surface area contributed by atoms with Gasteiger partial charge in [0.15, 0.2) is 0 Å². The Bertz CT molecular complexity index is 1600. The van der Waals surface area contributed by atoms with Crippen LogP contribution in [-0.2, 0) is 0 Å². The zero-order valence-electron chi connectivity index (χ0n) is 19.1. The fourth-order valence-electron chi connectivity index (χ4n) is 5.31. The van der Waals surface area contributed by atoms with Gasteiger partial charge in [-0.2, -0.15) is 0 Å². The normalized spacial score (nSPS) is 12.5. The van der Waals surface area contributed by atoms with Crippen LogP contribution in [-0.4, -0.2) is 4.57 Å². The number of rotatable bonds is 4. The number of hydrogen-bond donors (Lipinski definition) is 0. The summed E-state index contributed by atoms with van der Waals surface area (Å²) in [5, 5.41) is 5.27. The average molecular weight is 426 g/mol. The van der Waals surface area contributed by atoms with Crippen LogP contribution in [0.2, 0.25) is 0 Å².